The van der Waals surface area contributed by atoms with E-state index >= 15 is 0 Å². The zero-order valence-electron chi connectivity index (χ0n) is 12.3. The molecule has 3 heterocycles. The van der Waals surface area contributed by atoms with E-state index < -0.39 is 0 Å². The maximum absolute atomic E-state index is 5.51. The van der Waals surface area contributed by atoms with Gasteiger partial charge < -0.3 is 9.73 Å². The highest BCUT2D eigenvalue weighted by Gasteiger charge is 2.17. The summed E-state index contributed by atoms with van der Waals surface area (Å²) in [7, 11) is 5.91. The van der Waals surface area contributed by atoms with Gasteiger partial charge in [0, 0.05) is 13.6 Å². The second-order valence-corrected chi connectivity index (χ2v) is 5.10. The lowest BCUT2D eigenvalue weighted by molar-refractivity contribution is 0.269. The molecular weight excluding hydrogens is 268 g/mol. The predicted molar refractivity (Wildman–Crippen MR) is 79.9 cm³/mol. The van der Waals surface area contributed by atoms with E-state index in [1.807, 2.05) is 33.3 Å². The number of likely N-dealkylation sites (N-methyl/N-ethyl adjacent to an activating group) is 1. The number of rotatable bonds is 5. The lowest BCUT2D eigenvalue weighted by Crippen LogP contribution is -2.26. The van der Waals surface area contributed by atoms with Gasteiger partial charge in [-0.25, -0.2) is 9.97 Å². The zero-order valence-corrected chi connectivity index (χ0v) is 12.3. The summed E-state index contributed by atoms with van der Waals surface area (Å²) >= 11 is 0. The number of hydrogen-bond donors (Lipinski definition) is 1. The molecule has 0 saturated carbocycles. The van der Waals surface area contributed by atoms with Crippen molar-refractivity contribution in [2.45, 2.75) is 6.04 Å². The molecule has 0 spiro atoms. The Bertz CT molecular complexity index is 718. The number of fused-ring (bicyclic) bond motifs is 1. The smallest absolute Gasteiger partial charge is 0.163 e. The first kappa shape index (κ1) is 13.6. The molecule has 0 fully saturated rings. The van der Waals surface area contributed by atoms with E-state index in [4.69, 9.17) is 4.42 Å². The van der Waals surface area contributed by atoms with E-state index in [1.54, 1.807) is 23.5 Å². The SMILES string of the molecule is CN(C)[C@@H](CNc1ncnc2c1cnn2C)c1ccco1. The molecular formula is C14H18N6O. The Balaban J connectivity index is 1.82. The van der Waals surface area contributed by atoms with Gasteiger partial charge in [0.15, 0.2) is 5.65 Å². The van der Waals surface area contributed by atoms with Crippen molar-refractivity contribution in [3.05, 3.63) is 36.7 Å². The summed E-state index contributed by atoms with van der Waals surface area (Å²) in [6.07, 6.45) is 5.01. The Hall–Kier alpha value is -2.41. The molecule has 0 amide bonds. The first-order valence-corrected chi connectivity index (χ1v) is 6.73. The zero-order chi connectivity index (χ0) is 14.8. The number of aryl methyl sites for hydroxylation is 1. The summed E-state index contributed by atoms with van der Waals surface area (Å²) in [5.74, 6) is 1.70. The van der Waals surface area contributed by atoms with Gasteiger partial charge in [0.05, 0.1) is 23.9 Å². The molecule has 7 heteroatoms. The van der Waals surface area contributed by atoms with Gasteiger partial charge in [-0.05, 0) is 26.2 Å². The minimum Gasteiger partial charge on any atom is -0.468 e. The third kappa shape index (κ3) is 2.59. The van der Waals surface area contributed by atoms with Crippen LogP contribution in [-0.2, 0) is 7.05 Å². The third-order valence-electron chi connectivity index (χ3n) is 3.49. The molecule has 0 aliphatic heterocycles. The van der Waals surface area contributed by atoms with Crippen LogP contribution in [0.5, 0.6) is 0 Å². The van der Waals surface area contributed by atoms with Gasteiger partial charge in [0.1, 0.15) is 17.9 Å². The quantitative estimate of drug-likeness (QED) is 0.769. The van der Waals surface area contributed by atoms with Crippen LogP contribution in [0.1, 0.15) is 11.8 Å². The van der Waals surface area contributed by atoms with Crippen LogP contribution in [0.25, 0.3) is 11.0 Å². The largest absolute Gasteiger partial charge is 0.468 e. The fraction of sp³-hybridized carbons (Fsp3) is 0.357. The average Bonchev–Trinajstić information content (AvgIpc) is 3.10. The monoisotopic (exact) mass is 286 g/mol. The number of aromatic nitrogens is 4. The highest BCUT2D eigenvalue weighted by Crippen LogP contribution is 2.22. The number of nitrogens with one attached hydrogen (secondary N) is 1. The van der Waals surface area contributed by atoms with Gasteiger partial charge in [0.25, 0.3) is 0 Å². The van der Waals surface area contributed by atoms with E-state index in [0.717, 1.165) is 22.6 Å². The Morgan fingerprint density at radius 3 is 2.95 bits per heavy atom. The molecule has 0 unspecified atom stereocenters. The van der Waals surface area contributed by atoms with Crippen LogP contribution in [0.2, 0.25) is 0 Å². The van der Waals surface area contributed by atoms with Gasteiger partial charge in [0.2, 0.25) is 0 Å². The van der Waals surface area contributed by atoms with Gasteiger partial charge in [-0.2, -0.15) is 5.10 Å². The van der Waals surface area contributed by atoms with Gasteiger partial charge in [-0.3, -0.25) is 9.58 Å². The van der Waals surface area contributed by atoms with Crippen molar-refractivity contribution in [3.8, 4) is 0 Å². The van der Waals surface area contributed by atoms with Gasteiger partial charge in [-0.15, -0.1) is 0 Å². The van der Waals surface area contributed by atoms with Crippen LogP contribution in [0.15, 0.2) is 35.3 Å². The molecule has 7 nitrogen and oxygen atoms in total. The van der Waals surface area contributed by atoms with Crippen LogP contribution in [0.3, 0.4) is 0 Å². The van der Waals surface area contributed by atoms with Crippen molar-refractivity contribution < 1.29 is 4.42 Å². The lowest BCUT2D eigenvalue weighted by atomic mass is 10.2. The second kappa shape index (κ2) is 5.53. The minimum atomic E-state index is 0.127. The highest BCUT2D eigenvalue weighted by molar-refractivity contribution is 5.85. The Kier molecular flexibility index (Phi) is 3.57. The predicted octanol–water partition coefficient (Wildman–Crippen LogP) is 1.67. The highest BCUT2D eigenvalue weighted by atomic mass is 16.3. The second-order valence-electron chi connectivity index (χ2n) is 5.10. The van der Waals surface area contributed by atoms with Gasteiger partial charge >= 0.3 is 0 Å². The van der Waals surface area contributed by atoms with Gasteiger partial charge in [-0.1, -0.05) is 0 Å². The van der Waals surface area contributed by atoms with Crippen molar-refractivity contribution >= 4 is 16.9 Å². The number of furan rings is 1. The third-order valence-corrected chi connectivity index (χ3v) is 3.49. The van der Waals surface area contributed by atoms with Crippen molar-refractivity contribution in [1.82, 2.24) is 24.6 Å². The molecule has 1 atom stereocenters. The topological polar surface area (TPSA) is 72.0 Å². The van der Waals surface area contributed by atoms with Crippen LogP contribution >= 0.6 is 0 Å². The van der Waals surface area contributed by atoms with Crippen molar-refractivity contribution in [2.75, 3.05) is 26.0 Å². The normalized spacial score (nSPS) is 13.0. The van der Waals surface area contributed by atoms with Crippen LogP contribution in [-0.4, -0.2) is 45.3 Å². The fourth-order valence-electron chi connectivity index (χ4n) is 2.31. The summed E-state index contributed by atoms with van der Waals surface area (Å²) < 4.78 is 7.24. The maximum atomic E-state index is 5.51. The fourth-order valence-corrected chi connectivity index (χ4v) is 2.31. The van der Waals surface area contributed by atoms with E-state index in [0.29, 0.717) is 6.54 Å². The molecule has 0 saturated heterocycles. The van der Waals surface area contributed by atoms with Crippen LogP contribution < -0.4 is 5.32 Å². The number of nitrogens with zero attached hydrogens (tertiary/aromatic N) is 5. The molecule has 0 bridgehead atoms. The molecule has 0 aliphatic rings. The first-order chi connectivity index (χ1) is 10.2. The summed E-state index contributed by atoms with van der Waals surface area (Å²) in [6.45, 7) is 0.682. The summed E-state index contributed by atoms with van der Waals surface area (Å²) in [5, 5.41) is 8.49. The maximum Gasteiger partial charge on any atom is 0.163 e. The molecule has 21 heavy (non-hydrogen) atoms. The summed E-state index contributed by atoms with van der Waals surface area (Å²) in [5.41, 5.74) is 0.812. The Morgan fingerprint density at radius 2 is 2.24 bits per heavy atom. The standard InChI is InChI=1S/C14H18N6O/c1-19(2)11(12-5-4-6-21-12)8-15-13-10-7-18-20(3)14(10)17-9-16-13/h4-7,9,11H,8H2,1-3H3,(H,15,16,17)/t11-/m0/s1. The van der Waals surface area contributed by atoms with Crippen LogP contribution in [0, 0.1) is 0 Å². The van der Waals surface area contributed by atoms with E-state index in [-0.39, 0.29) is 6.04 Å². The molecule has 0 radical (unpaired) electrons. The summed E-state index contributed by atoms with van der Waals surface area (Å²) in [4.78, 5) is 10.6. The molecule has 0 aliphatic carbocycles. The number of anilines is 1. The van der Waals surface area contributed by atoms with Crippen LogP contribution in [0.4, 0.5) is 5.82 Å². The molecule has 3 rings (SSSR count). The Labute approximate surface area is 122 Å². The lowest BCUT2D eigenvalue weighted by Gasteiger charge is -2.22. The van der Waals surface area contributed by atoms with E-state index in [2.05, 4.69) is 25.3 Å². The summed E-state index contributed by atoms with van der Waals surface area (Å²) in [6, 6.07) is 4.00. The molecule has 0 aromatic carbocycles. The molecule has 3 aromatic heterocycles. The molecule has 3 aromatic rings. The average molecular weight is 286 g/mol. The first-order valence-electron chi connectivity index (χ1n) is 6.73. The van der Waals surface area contributed by atoms with E-state index in [1.165, 1.54) is 0 Å². The Morgan fingerprint density at radius 1 is 1.38 bits per heavy atom. The molecule has 1 N–H and O–H groups in total. The van der Waals surface area contributed by atoms with Crippen molar-refractivity contribution in [2.24, 2.45) is 7.05 Å². The molecule has 110 valence electrons. The van der Waals surface area contributed by atoms with Crippen molar-refractivity contribution in [3.63, 3.8) is 0 Å². The van der Waals surface area contributed by atoms with E-state index in [9.17, 15) is 0 Å². The van der Waals surface area contributed by atoms with Crippen molar-refractivity contribution in [1.29, 1.82) is 0 Å². The number of hydrogen-bond acceptors (Lipinski definition) is 6. The minimum absolute atomic E-state index is 0.127.